The molecule has 4 saturated heterocycles. The summed E-state index contributed by atoms with van der Waals surface area (Å²) in [4.78, 5) is 59.0. The molecule has 0 bridgehead atoms. The second kappa shape index (κ2) is 27.6. The summed E-state index contributed by atoms with van der Waals surface area (Å²) in [6.07, 6.45) is 2.16. The molecule has 6 heterocycles. The number of halogens is 4. The molecule has 6 N–H and O–H groups in total. The van der Waals surface area contributed by atoms with Crippen LogP contribution >= 0.6 is 0 Å². The van der Waals surface area contributed by atoms with Gasteiger partial charge in [0.1, 0.15) is 44.2 Å². The minimum atomic E-state index is -1.43. The van der Waals surface area contributed by atoms with Gasteiger partial charge in [-0.1, -0.05) is 7.43 Å². The minimum Gasteiger partial charge on any atom is -0.486 e. The van der Waals surface area contributed by atoms with Gasteiger partial charge in [-0.3, -0.25) is 14.4 Å². The number of amides is 3. The molecule has 3 amide bonds. The van der Waals surface area contributed by atoms with Crippen LogP contribution in [0.15, 0.2) is 72.8 Å². The molecule has 424 valence electrons. The highest BCUT2D eigenvalue weighted by atomic mass is 19.1. The van der Waals surface area contributed by atoms with Gasteiger partial charge in [-0.15, -0.1) is 0 Å². The van der Waals surface area contributed by atoms with Gasteiger partial charge in [-0.05, 0) is 136 Å². The number of hydrogen-bond acceptors (Lipinski definition) is 15. The van der Waals surface area contributed by atoms with Crippen LogP contribution in [0.25, 0.3) is 0 Å². The first-order chi connectivity index (χ1) is 37.1. The molecule has 4 aromatic carbocycles. The number of nitrogens with one attached hydrogen (secondary N) is 1. The number of aliphatic carboxylic acids is 1. The van der Waals surface area contributed by atoms with Crippen molar-refractivity contribution in [3.8, 4) is 23.0 Å². The fourth-order valence-electron chi connectivity index (χ4n) is 10.1. The Hall–Kier alpha value is -6.92. The van der Waals surface area contributed by atoms with Crippen molar-refractivity contribution in [2.45, 2.75) is 57.4 Å². The van der Waals surface area contributed by atoms with Gasteiger partial charge < -0.3 is 74.7 Å². The third kappa shape index (κ3) is 15.2. The Morgan fingerprint density at radius 2 is 0.936 bits per heavy atom. The second-order valence-corrected chi connectivity index (χ2v) is 19.5. The van der Waals surface area contributed by atoms with Crippen LogP contribution in [0.4, 0.5) is 28.9 Å². The summed E-state index contributed by atoms with van der Waals surface area (Å²) in [6, 6.07) is 16.5. The summed E-state index contributed by atoms with van der Waals surface area (Å²) in [5.41, 5.74) is 8.46. The molecule has 78 heavy (non-hydrogen) atoms. The minimum absolute atomic E-state index is 0. The van der Waals surface area contributed by atoms with Crippen molar-refractivity contribution < 1.29 is 71.0 Å². The van der Waals surface area contributed by atoms with Crippen LogP contribution in [-0.4, -0.2) is 189 Å². The molecule has 0 unspecified atom stereocenters. The van der Waals surface area contributed by atoms with Gasteiger partial charge in [0, 0.05) is 82.9 Å². The lowest BCUT2D eigenvalue weighted by atomic mass is 10.0. The number of ether oxygens (including phenoxy) is 4. The van der Waals surface area contributed by atoms with E-state index in [-0.39, 0.29) is 55.1 Å². The lowest BCUT2D eigenvalue weighted by molar-refractivity contribution is -0.156. The van der Waals surface area contributed by atoms with Crippen LogP contribution in [-0.2, 0) is 19.2 Å². The lowest BCUT2D eigenvalue weighted by Crippen LogP contribution is -2.55. The summed E-state index contributed by atoms with van der Waals surface area (Å²) in [7, 11) is 0. The summed E-state index contributed by atoms with van der Waals surface area (Å²) >= 11 is 0. The van der Waals surface area contributed by atoms with Gasteiger partial charge in [0.2, 0.25) is 0 Å². The molecule has 23 heteroatoms. The van der Waals surface area contributed by atoms with E-state index in [4.69, 9.17) is 29.8 Å². The Balaban J connectivity index is 0.000000186. The summed E-state index contributed by atoms with van der Waals surface area (Å²) in [6.45, 7) is 9.27. The van der Waals surface area contributed by atoms with Crippen molar-refractivity contribution in [3.63, 3.8) is 0 Å². The highest BCUT2D eigenvalue weighted by Gasteiger charge is 2.34. The van der Waals surface area contributed by atoms with E-state index in [2.05, 4.69) is 15.1 Å². The van der Waals surface area contributed by atoms with Crippen LogP contribution in [0.5, 0.6) is 23.0 Å². The van der Waals surface area contributed by atoms with Crippen molar-refractivity contribution in [2.24, 2.45) is 5.73 Å². The van der Waals surface area contributed by atoms with Crippen molar-refractivity contribution in [2.75, 3.05) is 128 Å². The zero-order valence-corrected chi connectivity index (χ0v) is 42.7. The number of carbonyl (C=O) groups is 4. The van der Waals surface area contributed by atoms with Gasteiger partial charge in [0.25, 0.3) is 0 Å². The Morgan fingerprint density at radius 1 is 0.538 bits per heavy atom. The number of likely N-dealkylation sites (tertiary alicyclic amines) is 2. The van der Waals surface area contributed by atoms with Gasteiger partial charge in [-0.25, -0.2) is 22.4 Å². The molecule has 4 atom stereocenters. The number of fused-ring (bicyclic) bond motifs is 2. The van der Waals surface area contributed by atoms with E-state index >= 15 is 0 Å². The maximum absolute atomic E-state index is 14.7. The number of piperazine rings is 2. The Kier molecular flexibility index (Phi) is 20.8. The molecule has 0 saturated carbocycles. The van der Waals surface area contributed by atoms with Gasteiger partial charge in [0.15, 0.2) is 34.6 Å². The van der Waals surface area contributed by atoms with Crippen molar-refractivity contribution in [3.05, 3.63) is 107 Å². The quantitative estimate of drug-likeness (QED) is 0.106. The Morgan fingerprint density at radius 3 is 1.37 bits per heavy atom. The first-order valence-electron chi connectivity index (χ1n) is 26.0. The first-order valence-corrected chi connectivity index (χ1v) is 26.0. The third-order valence-electron chi connectivity index (χ3n) is 14.2. The molecule has 0 spiro atoms. The van der Waals surface area contributed by atoms with Crippen molar-refractivity contribution in [1.29, 1.82) is 0 Å². The Bertz CT molecular complexity index is 2650. The topological polar surface area (TPSA) is 223 Å². The average molecular weight is 1100 g/mol. The second-order valence-electron chi connectivity index (χ2n) is 19.5. The van der Waals surface area contributed by atoms with E-state index in [1.165, 1.54) is 65.1 Å². The van der Waals surface area contributed by atoms with Gasteiger partial charge in [0.05, 0.1) is 12.1 Å². The van der Waals surface area contributed by atoms with E-state index in [0.717, 1.165) is 50.4 Å². The van der Waals surface area contributed by atoms with Crippen molar-refractivity contribution >= 4 is 35.1 Å². The maximum Gasteiger partial charge on any atom is 0.394 e. The molecular weight excluding hydrogens is 1020 g/mol. The molecule has 0 aromatic heterocycles. The van der Waals surface area contributed by atoms with Crippen LogP contribution < -0.4 is 39.8 Å². The van der Waals surface area contributed by atoms with E-state index in [1.54, 1.807) is 30.3 Å². The monoisotopic (exact) mass is 1090 g/mol. The molecule has 4 fully saturated rings. The number of rotatable bonds is 11. The highest BCUT2D eigenvalue weighted by molar-refractivity contribution is 6.35. The predicted molar refractivity (Wildman–Crippen MR) is 281 cm³/mol. The molecule has 4 aromatic rings. The number of carboxylic acid groups (broad SMARTS) is 1. The van der Waals surface area contributed by atoms with E-state index in [9.17, 15) is 47.0 Å². The van der Waals surface area contributed by atoms with Crippen LogP contribution in [0.3, 0.4) is 0 Å². The number of hydrogen-bond donors (Lipinski definition) is 5. The molecule has 0 radical (unpaired) electrons. The fourth-order valence-corrected chi connectivity index (χ4v) is 10.1. The molecule has 0 aliphatic carbocycles. The molecular formula is C55H70F4N8O11. The highest BCUT2D eigenvalue weighted by Crippen LogP contribution is 2.38. The maximum atomic E-state index is 14.7. The van der Waals surface area contributed by atoms with Crippen LogP contribution in [0.1, 0.15) is 56.4 Å². The van der Waals surface area contributed by atoms with Crippen LogP contribution in [0, 0.1) is 23.3 Å². The summed E-state index contributed by atoms with van der Waals surface area (Å²) in [5, 5.41) is 32.9. The lowest BCUT2D eigenvalue weighted by Gasteiger charge is -2.36. The number of carboxylic acids is 1. The number of nitrogens with zero attached hydrogens (tertiary/aromatic N) is 6. The van der Waals surface area contributed by atoms with E-state index in [0.29, 0.717) is 90.0 Å². The molecule has 10 rings (SSSR count). The van der Waals surface area contributed by atoms with Crippen molar-refractivity contribution in [1.82, 2.24) is 24.9 Å². The third-order valence-corrected chi connectivity index (χ3v) is 14.2. The number of benzene rings is 4. The number of nitrogens with two attached hydrogens (primary N) is 1. The van der Waals surface area contributed by atoms with Crippen LogP contribution in [0.2, 0.25) is 0 Å². The molecule has 6 aliphatic rings. The largest absolute Gasteiger partial charge is 0.486 e. The Labute approximate surface area is 450 Å². The standard InChI is InChI=1S/C27H32F2N4O5.C15H21FN2O3.C12H13FN2O3.CH4/c28-19-3-5-20(6-4-19)32-9-11-33(12-10-32)27(36)26(35)30-22(17-31-7-1-2-8-31)24(34)18-15-21(29)25-23(16-18)37-13-14-38-25;16-11-7-10(8-13-15(11)21-6-5-20-13)14(19)12(17)9-18-3-1-2-4-18;13-9-1-3-10(4-2-9)14-5-7-15(8-6-14)11(16)12(17)18;/h3-6,15-16,22,24,34H,1-2,7-14,17H2,(H,30,35);7-8,12,14,19H,1-6,9,17H2;1-4H,5-8H2,(H,17,18);1H4/t22-,24-;12-,14-;;/m11../s1. The zero-order valence-electron chi connectivity index (χ0n) is 42.7. The summed E-state index contributed by atoms with van der Waals surface area (Å²) < 4.78 is 76.1. The van der Waals surface area contributed by atoms with E-state index in [1.807, 2.05) is 9.80 Å². The SMILES string of the molecule is C.N[C@H](CN1CCCC1)[C@H](O)c1cc(F)c2c(c1)OCCO2.O=C(N[C@H](CN1CCCC1)[C@H](O)c1cc(F)c2c(c1)OCCO2)C(=O)N1CCN(c2ccc(F)cc2)CC1.O=C(O)C(=O)N1CCN(c2ccc(F)cc2)CC1. The van der Waals surface area contributed by atoms with E-state index < -0.39 is 59.6 Å². The smallest absolute Gasteiger partial charge is 0.394 e. The van der Waals surface area contributed by atoms with Gasteiger partial charge >= 0.3 is 23.7 Å². The number of aliphatic hydroxyl groups is 2. The molecule has 6 aliphatic heterocycles. The number of aliphatic hydroxyl groups excluding tert-OH is 2. The first kappa shape index (κ1) is 58.8. The predicted octanol–water partition coefficient (Wildman–Crippen LogP) is 3.95. The zero-order chi connectivity index (χ0) is 54.6. The number of anilines is 2. The fraction of sp³-hybridized carbons (Fsp3) is 0.491. The normalized spacial score (nSPS) is 18.7. The summed E-state index contributed by atoms with van der Waals surface area (Å²) in [5.74, 6) is -4.92. The number of carbonyl (C=O) groups excluding carboxylic acids is 3. The van der Waals surface area contributed by atoms with Gasteiger partial charge in [-0.2, -0.15) is 0 Å². The molecule has 19 nitrogen and oxygen atoms in total. The average Bonchev–Trinajstić information content (AvgIpc) is 4.18.